The molecule has 0 aliphatic heterocycles. The van der Waals surface area contributed by atoms with Gasteiger partial charge in [-0.2, -0.15) is 0 Å². The summed E-state index contributed by atoms with van der Waals surface area (Å²) in [6, 6.07) is 11.7. The molecule has 11 heteroatoms. The van der Waals surface area contributed by atoms with Gasteiger partial charge in [0.25, 0.3) is 0 Å². The van der Waals surface area contributed by atoms with Crippen LogP contribution in [0.25, 0.3) is 10.9 Å². The highest BCUT2D eigenvalue weighted by atomic mass is 16.4. The summed E-state index contributed by atoms with van der Waals surface area (Å²) in [5, 5.41) is 27.9. The summed E-state index contributed by atoms with van der Waals surface area (Å²) in [6.07, 6.45) is 0.659. The lowest BCUT2D eigenvalue weighted by Crippen LogP contribution is -2.59. The Morgan fingerprint density at radius 2 is 1.53 bits per heavy atom. The number of fused-ring (bicyclic) bond motifs is 1. The van der Waals surface area contributed by atoms with E-state index in [0.717, 1.165) is 16.5 Å². The van der Waals surface area contributed by atoms with Gasteiger partial charge in [0.05, 0.1) is 12.1 Å². The Morgan fingerprint density at radius 1 is 0.868 bits per heavy atom. The van der Waals surface area contributed by atoms with Crippen LogP contribution < -0.4 is 21.7 Å². The lowest BCUT2D eigenvalue weighted by atomic mass is 10.0. The number of H-pyrrole nitrogens is 1. The van der Waals surface area contributed by atoms with Gasteiger partial charge < -0.3 is 36.9 Å². The molecule has 5 atom stereocenters. The van der Waals surface area contributed by atoms with Gasteiger partial charge in [0.15, 0.2) is 0 Å². The van der Waals surface area contributed by atoms with Crippen LogP contribution in [0.2, 0.25) is 0 Å². The molecular weight excluding hydrogens is 490 g/mol. The predicted octanol–water partition coefficient (Wildman–Crippen LogP) is 0.220. The van der Waals surface area contributed by atoms with Gasteiger partial charge in [0.2, 0.25) is 17.7 Å². The van der Waals surface area contributed by atoms with E-state index in [4.69, 9.17) is 5.73 Å². The number of carboxylic acid groups (broad SMARTS) is 1. The first-order chi connectivity index (χ1) is 18.1. The van der Waals surface area contributed by atoms with Gasteiger partial charge in [-0.1, -0.05) is 48.5 Å². The number of carbonyl (C=O) groups is 4. The van der Waals surface area contributed by atoms with Crippen molar-refractivity contribution >= 4 is 34.6 Å². The van der Waals surface area contributed by atoms with Gasteiger partial charge in [0, 0.05) is 23.5 Å². The number of carbonyl (C=O) groups excluding carboxylic acids is 3. The minimum atomic E-state index is -1.37. The molecule has 0 radical (unpaired) electrons. The Kier molecular flexibility index (Phi) is 9.58. The Labute approximate surface area is 219 Å². The first-order valence-electron chi connectivity index (χ1n) is 12.2. The third kappa shape index (κ3) is 7.40. The zero-order chi connectivity index (χ0) is 27.8. The number of aromatic nitrogens is 1. The maximum Gasteiger partial charge on any atom is 0.326 e. The van der Waals surface area contributed by atoms with Crippen molar-refractivity contribution in [1.82, 2.24) is 20.9 Å². The van der Waals surface area contributed by atoms with Gasteiger partial charge in [-0.15, -0.1) is 0 Å². The van der Waals surface area contributed by atoms with Crippen LogP contribution >= 0.6 is 0 Å². The number of aliphatic hydroxyl groups excluding tert-OH is 1. The first kappa shape index (κ1) is 28.4. The van der Waals surface area contributed by atoms with Crippen molar-refractivity contribution in [3.63, 3.8) is 0 Å². The summed E-state index contributed by atoms with van der Waals surface area (Å²) in [5.41, 5.74) is 8.36. The number of hydrogen-bond acceptors (Lipinski definition) is 6. The fraction of sp³-hybridized carbons (Fsp3) is 0.333. The monoisotopic (exact) mass is 523 g/mol. The number of hydrogen-bond donors (Lipinski definition) is 7. The van der Waals surface area contributed by atoms with Crippen molar-refractivity contribution in [2.75, 3.05) is 0 Å². The largest absolute Gasteiger partial charge is 0.480 e. The molecule has 38 heavy (non-hydrogen) atoms. The molecule has 0 saturated carbocycles. The van der Waals surface area contributed by atoms with Crippen molar-refractivity contribution in [2.45, 2.75) is 57.0 Å². The molecule has 1 aromatic heterocycles. The van der Waals surface area contributed by atoms with Crippen LogP contribution in [0.15, 0.2) is 60.8 Å². The average molecular weight is 524 g/mol. The predicted molar refractivity (Wildman–Crippen MR) is 141 cm³/mol. The number of benzene rings is 2. The van der Waals surface area contributed by atoms with Gasteiger partial charge >= 0.3 is 5.97 Å². The lowest BCUT2D eigenvalue weighted by Gasteiger charge is -2.25. The van der Waals surface area contributed by atoms with E-state index in [0.29, 0.717) is 5.56 Å². The standard InChI is InChI=1S/C27H33N5O6/c1-15(24(34)31-22(27(37)38)13-18-14-29-21-11-7-6-10-19(18)21)30-26(36)23(16(2)33)32-25(35)20(28)12-17-8-4-3-5-9-17/h3-11,14-16,20,22-23,29,33H,12-13,28H2,1-2H3,(H,30,36)(H,31,34)(H,32,35)(H,37,38). The second-order valence-corrected chi connectivity index (χ2v) is 9.22. The molecule has 0 aliphatic rings. The second-order valence-electron chi connectivity index (χ2n) is 9.22. The molecule has 0 spiro atoms. The van der Waals surface area contributed by atoms with Gasteiger partial charge in [0.1, 0.15) is 18.1 Å². The number of carboxylic acids is 1. The number of aliphatic hydroxyl groups is 1. The van der Waals surface area contributed by atoms with Crippen LogP contribution in [0, 0.1) is 0 Å². The molecule has 5 unspecified atom stereocenters. The highest BCUT2D eigenvalue weighted by molar-refractivity contribution is 5.94. The number of aromatic amines is 1. The number of nitrogens with one attached hydrogen (secondary N) is 4. The van der Waals surface area contributed by atoms with E-state index in [9.17, 15) is 29.4 Å². The zero-order valence-electron chi connectivity index (χ0n) is 21.2. The molecule has 1 heterocycles. The third-order valence-corrected chi connectivity index (χ3v) is 6.16. The Balaban J connectivity index is 1.59. The average Bonchev–Trinajstić information content (AvgIpc) is 3.29. The molecule has 0 saturated heterocycles. The van der Waals surface area contributed by atoms with E-state index < -0.39 is 54.0 Å². The lowest BCUT2D eigenvalue weighted by molar-refractivity contribution is -0.142. The maximum atomic E-state index is 12.8. The van der Waals surface area contributed by atoms with Crippen LogP contribution in [0.3, 0.4) is 0 Å². The van der Waals surface area contributed by atoms with Crippen molar-refractivity contribution in [3.05, 3.63) is 71.9 Å². The van der Waals surface area contributed by atoms with E-state index in [1.807, 2.05) is 54.6 Å². The summed E-state index contributed by atoms with van der Waals surface area (Å²) in [7, 11) is 0. The molecule has 0 bridgehead atoms. The van der Waals surface area contributed by atoms with Gasteiger partial charge in [-0.05, 0) is 37.5 Å². The topological polar surface area (TPSA) is 187 Å². The van der Waals surface area contributed by atoms with Crippen molar-refractivity contribution < 1.29 is 29.4 Å². The highest BCUT2D eigenvalue weighted by Crippen LogP contribution is 2.19. The van der Waals surface area contributed by atoms with E-state index in [-0.39, 0.29) is 12.8 Å². The first-order valence-corrected chi connectivity index (χ1v) is 12.2. The molecule has 11 nitrogen and oxygen atoms in total. The summed E-state index contributed by atoms with van der Waals surface area (Å²) in [5.74, 6) is -3.42. The summed E-state index contributed by atoms with van der Waals surface area (Å²) in [4.78, 5) is 53.0. The number of amides is 3. The summed E-state index contributed by atoms with van der Waals surface area (Å²) in [6.45, 7) is 2.69. The molecule has 2 aromatic carbocycles. The van der Waals surface area contributed by atoms with E-state index in [1.165, 1.54) is 13.8 Å². The summed E-state index contributed by atoms with van der Waals surface area (Å²) < 4.78 is 0. The van der Waals surface area contributed by atoms with Crippen LogP contribution in [0.5, 0.6) is 0 Å². The number of aliphatic carboxylic acids is 1. The Bertz CT molecular complexity index is 1280. The molecule has 3 rings (SSSR count). The molecule has 202 valence electrons. The molecule has 0 aliphatic carbocycles. The van der Waals surface area contributed by atoms with E-state index in [2.05, 4.69) is 20.9 Å². The zero-order valence-corrected chi connectivity index (χ0v) is 21.2. The number of rotatable bonds is 12. The van der Waals surface area contributed by atoms with Crippen molar-refractivity contribution in [3.8, 4) is 0 Å². The van der Waals surface area contributed by atoms with Crippen molar-refractivity contribution in [2.24, 2.45) is 5.73 Å². The van der Waals surface area contributed by atoms with Crippen LogP contribution in [-0.2, 0) is 32.0 Å². The Morgan fingerprint density at radius 3 is 2.18 bits per heavy atom. The molecule has 0 fully saturated rings. The number of nitrogens with two attached hydrogens (primary N) is 1. The second kappa shape index (κ2) is 12.8. The summed E-state index contributed by atoms with van der Waals surface area (Å²) >= 11 is 0. The van der Waals surface area contributed by atoms with Crippen LogP contribution in [0.4, 0.5) is 0 Å². The number of para-hydroxylation sites is 1. The minimum Gasteiger partial charge on any atom is -0.480 e. The molecule has 3 aromatic rings. The SMILES string of the molecule is CC(NC(=O)C(NC(=O)C(N)Cc1ccccc1)C(C)O)C(=O)NC(Cc1c[nH]c2ccccc12)C(=O)O. The fourth-order valence-corrected chi connectivity index (χ4v) is 4.01. The van der Waals surface area contributed by atoms with Crippen molar-refractivity contribution in [1.29, 1.82) is 0 Å². The molecular formula is C27H33N5O6. The maximum absolute atomic E-state index is 12.8. The van der Waals surface area contributed by atoms with Gasteiger partial charge in [-0.25, -0.2) is 4.79 Å². The van der Waals surface area contributed by atoms with E-state index in [1.54, 1.807) is 6.20 Å². The quantitative estimate of drug-likeness (QED) is 0.177. The minimum absolute atomic E-state index is 0.0252. The smallest absolute Gasteiger partial charge is 0.326 e. The van der Waals surface area contributed by atoms with Crippen LogP contribution in [-0.4, -0.2) is 69.2 Å². The molecule has 3 amide bonds. The molecule has 8 N–H and O–H groups in total. The highest BCUT2D eigenvalue weighted by Gasteiger charge is 2.31. The van der Waals surface area contributed by atoms with Gasteiger partial charge in [-0.3, -0.25) is 14.4 Å². The third-order valence-electron chi connectivity index (χ3n) is 6.16. The Hall–Kier alpha value is -4.22. The normalized spacial score (nSPS) is 15.1. The van der Waals surface area contributed by atoms with Crippen LogP contribution in [0.1, 0.15) is 25.0 Å². The fourth-order valence-electron chi connectivity index (χ4n) is 4.01. The van der Waals surface area contributed by atoms with E-state index >= 15 is 0 Å².